The lowest BCUT2D eigenvalue weighted by Gasteiger charge is -2.17. The molecule has 3 rings (SSSR count). The number of benzene rings is 1. The Morgan fingerprint density at radius 1 is 1.08 bits per heavy atom. The van der Waals surface area contributed by atoms with E-state index in [1.807, 2.05) is 6.07 Å². The number of rotatable bonds is 0. The van der Waals surface area contributed by atoms with E-state index in [4.69, 9.17) is 0 Å². The fourth-order valence-corrected chi connectivity index (χ4v) is 1.71. The molecule has 0 aliphatic heterocycles. The van der Waals surface area contributed by atoms with Gasteiger partial charge in [-0.3, -0.25) is 4.98 Å². The van der Waals surface area contributed by atoms with Gasteiger partial charge in [-0.15, -0.1) is 0 Å². The number of aromatic nitrogens is 1. The SMILES string of the molecule is c1ccc2nc3c(cc2c1)CC3. The molecule has 0 spiro atoms. The molecule has 1 heteroatoms. The van der Waals surface area contributed by atoms with Crippen LogP contribution >= 0.6 is 0 Å². The van der Waals surface area contributed by atoms with Gasteiger partial charge in [0, 0.05) is 11.1 Å². The van der Waals surface area contributed by atoms with Gasteiger partial charge in [-0.25, -0.2) is 0 Å². The van der Waals surface area contributed by atoms with Crippen LogP contribution in [0, 0.1) is 0 Å². The zero-order valence-corrected chi connectivity index (χ0v) is 6.75. The number of fused-ring (bicyclic) bond motifs is 2. The van der Waals surface area contributed by atoms with Crippen LogP contribution in [0.5, 0.6) is 0 Å². The lowest BCUT2D eigenvalue weighted by Crippen LogP contribution is -2.10. The van der Waals surface area contributed by atoms with Crippen molar-refractivity contribution in [2.45, 2.75) is 12.8 Å². The lowest BCUT2D eigenvalue weighted by atomic mass is 9.93. The molecule has 0 radical (unpaired) electrons. The summed E-state index contributed by atoms with van der Waals surface area (Å²) in [4.78, 5) is 4.56. The highest BCUT2D eigenvalue weighted by Crippen LogP contribution is 2.24. The van der Waals surface area contributed by atoms with Crippen LogP contribution in [0.1, 0.15) is 11.3 Å². The number of nitrogens with zero attached hydrogens (tertiary/aromatic N) is 1. The standard InChI is InChI=1S/C11H9N/c1-2-4-10-8(3-1)7-9-5-6-11(9)12-10/h1-4,7H,5-6H2. The average molecular weight is 155 g/mol. The van der Waals surface area contributed by atoms with Crippen molar-refractivity contribution < 1.29 is 0 Å². The zero-order valence-electron chi connectivity index (χ0n) is 6.75. The van der Waals surface area contributed by atoms with Gasteiger partial charge in [0.05, 0.1) is 5.52 Å². The van der Waals surface area contributed by atoms with E-state index < -0.39 is 0 Å². The van der Waals surface area contributed by atoms with Crippen molar-refractivity contribution in [2.75, 3.05) is 0 Å². The summed E-state index contributed by atoms with van der Waals surface area (Å²) in [5.41, 5.74) is 3.87. The molecule has 0 atom stereocenters. The molecule has 0 saturated heterocycles. The van der Waals surface area contributed by atoms with Crippen LogP contribution in [0.25, 0.3) is 10.9 Å². The highest BCUT2D eigenvalue weighted by Gasteiger charge is 2.14. The maximum absolute atomic E-state index is 4.56. The molecule has 12 heavy (non-hydrogen) atoms. The molecule has 1 aromatic heterocycles. The predicted molar refractivity (Wildman–Crippen MR) is 49.2 cm³/mol. The Bertz CT molecular complexity index is 403. The van der Waals surface area contributed by atoms with E-state index in [1.165, 1.54) is 29.5 Å². The molecule has 2 aromatic rings. The molecule has 1 aliphatic carbocycles. The molecular formula is C11H9N. The number of hydrogen-bond donors (Lipinski definition) is 0. The number of hydrogen-bond acceptors (Lipinski definition) is 1. The second kappa shape index (κ2) is 2.07. The van der Waals surface area contributed by atoms with Gasteiger partial charge in [0.1, 0.15) is 0 Å². The van der Waals surface area contributed by atoms with Crippen LogP contribution in [0.15, 0.2) is 30.3 Å². The Labute approximate surface area is 71.1 Å². The van der Waals surface area contributed by atoms with Crippen LogP contribution < -0.4 is 0 Å². The summed E-state index contributed by atoms with van der Waals surface area (Å²) in [5.74, 6) is 0. The molecule has 1 nitrogen and oxygen atoms in total. The third-order valence-corrected chi connectivity index (χ3v) is 2.52. The molecule has 0 bridgehead atoms. The second-order valence-corrected chi connectivity index (χ2v) is 3.29. The first-order valence-corrected chi connectivity index (χ1v) is 4.31. The maximum Gasteiger partial charge on any atom is 0.0705 e. The monoisotopic (exact) mass is 155 g/mol. The molecule has 1 aromatic carbocycles. The smallest absolute Gasteiger partial charge is 0.0705 e. The third kappa shape index (κ3) is 0.708. The van der Waals surface area contributed by atoms with Gasteiger partial charge >= 0.3 is 0 Å². The van der Waals surface area contributed by atoms with Gasteiger partial charge in [0.25, 0.3) is 0 Å². The molecule has 0 saturated carbocycles. The zero-order chi connectivity index (χ0) is 7.97. The highest BCUT2D eigenvalue weighted by atomic mass is 14.7. The minimum absolute atomic E-state index is 1.14. The van der Waals surface area contributed by atoms with E-state index in [-0.39, 0.29) is 0 Å². The Hall–Kier alpha value is -1.37. The molecule has 58 valence electrons. The van der Waals surface area contributed by atoms with E-state index in [0.717, 1.165) is 5.52 Å². The van der Waals surface area contributed by atoms with Gasteiger partial charge in [0.2, 0.25) is 0 Å². The predicted octanol–water partition coefficient (Wildman–Crippen LogP) is 2.33. The number of aryl methyl sites for hydroxylation is 2. The summed E-state index contributed by atoms with van der Waals surface area (Å²) in [6.07, 6.45) is 2.38. The first kappa shape index (κ1) is 6.18. The van der Waals surface area contributed by atoms with Crippen molar-refractivity contribution in [1.82, 2.24) is 4.98 Å². The molecular weight excluding hydrogens is 146 g/mol. The molecule has 0 fully saturated rings. The van der Waals surface area contributed by atoms with Crippen molar-refractivity contribution in [3.63, 3.8) is 0 Å². The Balaban J connectivity index is 2.43. The minimum Gasteiger partial charge on any atom is -0.253 e. The van der Waals surface area contributed by atoms with Crippen LogP contribution in [-0.2, 0) is 12.8 Å². The highest BCUT2D eigenvalue weighted by molar-refractivity contribution is 5.79. The maximum atomic E-state index is 4.56. The Morgan fingerprint density at radius 2 is 2.00 bits per heavy atom. The fraction of sp³-hybridized carbons (Fsp3) is 0.182. The van der Waals surface area contributed by atoms with Crippen molar-refractivity contribution in [3.05, 3.63) is 41.6 Å². The van der Waals surface area contributed by atoms with Crippen LogP contribution in [-0.4, -0.2) is 4.98 Å². The fourth-order valence-electron chi connectivity index (χ4n) is 1.71. The van der Waals surface area contributed by atoms with Gasteiger partial charge in [0.15, 0.2) is 0 Å². The van der Waals surface area contributed by atoms with Crippen LogP contribution in [0.4, 0.5) is 0 Å². The van der Waals surface area contributed by atoms with E-state index in [9.17, 15) is 0 Å². The summed E-state index contributed by atoms with van der Waals surface area (Å²) in [6.45, 7) is 0. The van der Waals surface area contributed by atoms with Gasteiger partial charge in [-0.2, -0.15) is 0 Å². The summed E-state index contributed by atoms with van der Waals surface area (Å²) >= 11 is 0. The summed E-state index contributed by atoms with van der Waals surface area (Å²) in [7, 11) is 0. The Morgan fingerprint density at radius 3 is 2.83 bits per heavy atom. The first-order chi connectivity index (χ1) is 5.93. The van der Waals surface area contributed by atoms with Crippen molar-refractivity contribution in [1.29, 1.82) is 0 Å². The Kier molecular flexibility index (Phi) is 1.06. The molecule has 0 amide bonds. The minimum atomic E-state index is 1.14. The average Bonchev–Trinajstić information content (AvgIpc) is 2.09. The van der Waals surface area contributed by atoms with Crippen molar-refractivity contribution in [2.24, 2.45) is 0 Å². The van der Waals surface area contributed by atoms with E-state index in [2.05, 4.69) is 29.2 Å². The van der Waals surface area contributed by atoms with Gasteiger partial charge in [-0.05, 0) is 30.5 Å². The normalized spacial score (nSPS) is 14.0. The van der Waals surface area contributed by atoms with E-state index in [0.29, 0.717) is 0 Å². The van der Waals surface area contributed by atoms with E-state index >= 15 is 0 Å². The van der Waals surface area contributed by atoms with Gasteiger partial charge in [-0.1, -0.05) is 18.2 Å². The van der Waals surface area contributed by atoms with Crippen LogP contribution in [0.2, 0.25) is 0 Å². The second-order valence-electron chi connectivity index (χ2n) is 3.29. The summed E-state index contributed by atoms with van der Waals surface area (Å²) < 4.78 is 0. The van der Waals surface area contributed by atoms with Crippen LogP contribution in [0.3, 0.4) is 0 Å². The molecule has 0 N–H and O–H groups in total. The third-order valence-electron chi connectivity index (χ3n) is 2.52. The molecule has 1 heterocycles. The molecule has 1 aliphatic rings. The topological polar surface area (TPSA) is 12.9 Å². The number of para-hydroxylation sites is 1. The van der Waals surface area contributed by atoms with Gasteiger partial charge < -0.3 is 0 Å². The largest absolute Gasteiger partial charge is 0.253 e. The summed E-state index contributed by atoms with van der Waals surface area (Å²) in [5, 5.41) is 1.27. The summed E-state index contributed by atoms with van der Waals surface area (Å²) in [6, 6.07) is 10.6. The lowest BCUT2D eigenvalue weighted by molar-refractivity contribution is 0.799. The quantitative estimate of drug-likeness (QED) is 0.569. The van der Waals surface area contributed by atoms with Crippen molar-refractivity contribution in [3.8, 4) is 0 Å². The molecule has 0 unspecified atom stereocenters. The van der Waals surface area contributed by atoms with E-state index in [1.54, 1.807) is 0 Å². The first-order valence-electron chi connectivity index (χ1n) is 4.31. The number of pyridine rings is 1. The van der Waals surface area contributed by atoms with Crippen molar-refractivity contribution >= 4 is 10.9 Å².